The Labute approximate surface area is 168 Å². The maximum absolute atomic E-state index is 12.4. The van der Waals surface area contributed by atoms with Crippen LogP contribution < -0.4 is 5.32 Å². The number of benzene rings is 1. The number of nitrogens with one attached hydrogen (secondary N) is 1. The highest BCUT2D eigenvalue weighted by atomic mass is 16.3. The van der Waals surface area contributed by atoms with Gasteiger partial charge in [0.15, 0.2) is 0 Å². The van der Waals surface area contributed by atoms with Crippen LogP contribution in [0.5, 0.6) is 0 Å². The van der Waals surface area contributed by atoms with Crippen LogP contribution in [-0.2, 0) is 11.3 Å². The number of hydrogen-bond donors (Lipinski definition) is 3. The third kappa shape index (κ3) is 9.12. The Morgan fingerprint density at radius 2 is 1.36 bits per heavy atom. The van der Waals surface area contributed by atoms with Crippen molar-refractivity contribution in [1.82, 2.24) is 20.0 Å². The molecule has 1 amide bonds. The summed E-state index contributed by atoms with van der Waals surface area (Å²) in [6.45, 7) is 10.7. The highest BCUT2D eigenvalue weighted by Crippen LogP contribution is 2.03. The quantitative estimate of drug-likeness (QED) is 0.577. The summed E-state index contributed by atoms with van der Waals surface area (Å²) in [5.41, 5.74) is 1.09. The lowest BCUT2D eigenvalue weighted by molar-refractivity contribution is -0.122. The first-order valence-corrected chi connectivity index (χ1v) is 10.3. The second kappa shape index (κ2) is 12.1. The van der Waals surface area contributed by atoms with E-state index in [2.05, 4.69) is 20.0 Å². The van der Waals surface area contributed by atoms with E-state index in [4.69, 9.17) is 0 Å². The van der Waals surface area contributed by atoms with Crippen molar-refractivity contribution in [3.8, 4) is 0 Å². The van der Waals surface area contributed by atoms with Gasteiger partial charge in [-0.1, -0.05) is 30.3 Å². The minimum Gasteiger partial charge on any atom is -0.392 e. The first kappa shape index (κ1) is 22.8. The average Bonchev–Trinajstić information content (AvgIpc) is 2.73. The lowest BCUT2D eigenvalue weighted by atomic mass is 10.2. The number of carbonyl (C=O) groups is 1. The Balaban J connectivity index is 1.89. The molecule has 0 radical (unpaired) electrons. The summed E-state index contributed by atoms with van der Waals surface area (Å²) in [4.78, 5) is 19.1. The molecule has 0 aromatic heterocycles. The maximum atomic E-state index is 12.4. The number of hydrogen-bond acceptors (Lipinski definition) is 6. The molecule has 0 bridgehead atoms. The molecule has 2 rings (SSSR count). The normalized spacial score (nSPS) is 20.0. The van der Waals surface area contributed by atoms with Gasteiger partial charge in [0.2, 0.25) is 5.91 Å². The largest absolute Gasteiger partial charge is 0.392 e. The molecule has 2 atom stereocenters. The Morgan fingerprint density at radius 1 is 0.893 bits per heavy atom. The molecule has 1 aromatic carbocycles. The first-order valence-electron chi connectivity index (χ1n) is 10.3. The van der Waals surface area contributed by atoms with Gasteiger partial charge in [-0.05, 0) is 19.4 Å². The van der Waals surface area contributed by atoms with E-state index in [0.717, 1.165) is 44.8 Å². The van der Waals surface area contributed by atoms with Crippen LogP contribution in [0.25, 0.3) is 0 Å². The van der Waals surface area contributed by atoms with Crippen LogP contribution in [0.4, 0.5) is 0 Å². The number of aliphatic hydroxyl groups is 2. The van der Waals surface area contributed by atoms with Crippen molar-refractivity contribution in [1.29, 1.82) is 0 Å². The molecule has 0 saturated carbocycles. The van der Waals surface area contributed by atoms with Crippen LogP contribution in [0, 0.1) is 0 Å². The van der Waals surface area contributed by atoms with E-state index in [1.54, 1.807) is 13.8 Å². The molecule has 7 nitrogen and oxygen atoms in total. The average molecular weight is 393 g/mol. The van der Waals surface area contributed by atoms with Crippen LogP contribution in [-0.4, -0.2) is 102 Å². The lowest BCUT2D eigenvalue weighted by Gasteiger charge is -2.27. The Bertz CT molecular complexity index is 546. The number of amides is 1. The van der Waals surface area contributed by atoms with E-state index in [1.807, 2.05) is 30.3 Å². The molecule has 1 fully saturated rings. The van der Waals surface area contributed by atoms with Crippen LogP contribution >= 0.6 is 0 Å². The van der Waals surface area contributed by atoms with Gasteiger partial charge in [0.1, 0.15) is 0 Å². The molecule has 7 heteroatoms. The van der Waals surface area contributed by atoms with Crippen LogP contribution in [0.2, 0.25) is 0 Å². The van der Waals surface area contributed by atoms with Gasteiger partial charge in [-0.2, -0.15) is 0 Å². The Kier molecular flexibility index (Phi) is 9.87. The van der Waals surface area contributed by atoms with Crippen molar-refractivity contribution >= 4 is 5.91 Å². The molecule has 0 aliphatic carbocycles. The van der Waals surface area contributed by atoms with E-state index in [1.165, 1.54) is 0 Å². The van der Waals surface area contributed by atoms with Crippen LogP contribution in [0.15, 0.2) is 30.3 Å². The van der Waals surface area contributed by atoms with Crippen LogP contribution in [0.3, 0.4) is 0 Å². The summed E-state index contributed by atoms with van der Waals surface area (Å²) in [5.74, 6) is 0.0206. The SMILES string of the molecule is CC(O)CN1CCN(CC(=O)NCc2ccccc2)CCN(CC(C)O)CC1. The molecular weight excluding hydrogens is 356 g/mol. The number of carbonyl (C=O) groups excluding carboxylic acids is 1. The summed E-state index contributed by atoms with van der Waals surface area (Å²) >= 11 is 0. The zero-order valence-electron chi connectivity index (χ0n) is 17.3. The second-order valence-electron chi connectivity index (χ2n) is 7.84. The first-order chi connectivity index (χ1) is 13.4. The summed E-state index contributed by atoms with van der Waals surface area (Å²) in [6.07, 6.45) is -0.762. The zero-order chi connectivity index (χ0) is 20.4. The highest BCUT2D eigenvalue weighted by molar-refractivity contribution is 5.78. The van der Waals surface area contributed by atoms with Crippen molar-refractivity contribution in [2.24, 2.45) is 0 Å². The molecule has 0 spiro atoms. The summed E-state index contributed by atoms with van der Waals surface area (Å²) in [7, 11) is 0. The van der Waals surface area contributed by atoms with Gasteiger partial charge < -0.3 is 15.5 Å². The number of aliphatic hydroxyl groups excluding tert-OH is 2. The fourth-order valence-corrected chi connectivity index (χ4v) is 3.51. The van der Waals surface area contributed by atoms with Crippen molar-refractivity contribution < 1.29 is 15.0 Å². The predicted molar refractivity (Wildman–Crippen MR) is 111 cm³/mol. The molecule has 28 heavy (non-hydrogen) atoms. The topological polar surface area (TPSA) is 79.3 Å². The minimum atomic E-state index is -0.381. The Hall–Kier alpha value is -1.51. The molecule has 1 saturated heterocycles. The standard InChI is InChI=1S/C21H36N4O3/c1-18(26)15-23-8-9-24(16-19(2)27)11-13-25(12-10-23)17-21(28)22-14-20-6-4-3-5-7-20/h3-7,18-19,26-27H,8-17H2,1-2H3,(H,22,28). The third-order valence-corrected chi connectivity index (χ3v) is 4.94. The number of nitrogens with zero attached hydrogens (tertiary/aromatic N) is 3. The summed E-state index contributed by atoms with van der Waals surface area (Å²) in [5, 5.41) is 22.5. The molecule has 1 aliphatic rings. The maximum Gasteiger partial charge on any atom is 0.234 e. The fourth-order valence-electron chi connectivity index (χ4n) is 3.51. The van der Waals surface area contributed by atoms with E-state index in [0.29, 0.717) is 26.2 Å². The van der Waals surface area contributed by atoms with E-state index in [9.17, 15) is 15.0 Å². The fraction of sp³-hybridized carbons (Fsp3) is 0.667. The van der Waals surface area contributed by atoms with Crippen molar-refractivity contribution in [2.45, 2.75) is 32.6 Å². The molecule has 1 aromatic rings. The monoisotopic (exact) mass is 392 g/mol. The van der Waals surface area contributed by atoms with Gasteiger partial charge in [0.05, 0.1) is 18.8 Å². The van der Waals surface area contributed by atoms with Crippen molar-refractivity contribution in [2.75, 3.05) is 58.9 Å². The van der Waals surface area contributed by atoms with E-state index < -0.39 is 0 Å². The molecule has 3 N–H and O–H groups in total. The van der Waals surface area contributed by atoms with Gasteiger partial charge >= 0.3 is 0 Å². The molecule has 1 aliphatic heterocycles. The molecule has 2 unspecified atom stereocenters. The predicted octanol–water partition coefficient (Wildman–Crippen LogP) is -0.0160. The van der Waals surface area contributed by atoms with E-state index in [-0.39, 0.29) is 18.1 Å². The van der Waals surface area contributed by atoms with Gasteiger partial charge in [-0.25, -0.2) is 0 Å². The number of rotatable bonds is 8. The zero-order valence-corrected chi connectivity index (χ0v) is 17.3. The number of β-amino-alcohol motifs (C(OH)–C–C–N with tert-alkyl or cyclic N) is 2. The highest BCUT2D eigenvalue weighted by Gasteiger charge is 2.19. The van der Waals surface area contributed by atoms with E-state index >= 15 is 0 Å². The summed E-state index contributed by atoms with van der Waals surface area (Å²) in [6, 6.07) is 9.91. The van der Waals surface area contributed by atoms with Gasteiger partial charge in [0, 0.05) is 58.9 Å². The van der Waals surface area contributed by atoms with Crippen molar-refractivity contribution in [3.05, 3.63) is 35.9 Å². The third-order valence-electron chi connectivity index (χ3n) is 4.94. The second-order valence-corrected chi connectivity index (χ2v) is 7.84. The van der Waals surface area contributed by atoms with Crippen LogP contribution in [0.1, 0.15) is 19.4 Å². The minimum absolute atomic E-state index is 0.0206. The Morgan fingerprint density at radius 3 is 1.82 bits per heavy atom. The van der Waals surface area contributed by atoms with Gasteiger partial charge in [-0.3, -0.25) is 19.5 Å². The van der Waals surface area contributed by atoms with Gasteiger partial charge in [-0.15, -0.1) is 0 Å². The molecule has 158 valence electrons. The van der Waals surface area contributed by atoms with Crippen molar-refractivity contribution in [3.63, 3.8) is 0 Å². The molecule has 1 heterocycles. The smallest absolute Gasteiger partial charge is 0.234 e. The summed E-state index contributed by atoms with van der Waals surface area (Å²) < 4.78 is 0. The van der Waals surface area contributed by atoms with Gasteiger partial charge in [0.25, 0.3) is 0 Å². The molecular formula is C21H36N4O3. The lowest BCUT2D eigenvalue weighted by Crippen LogP contribution is -2.43.